The topological polar surface area (TPSA) is 56.7 Å². The van der Waals surface area contributed by atoms with Gasteiger partial charge in [-0.05, 0) is 13.0 Å². The Morgan fingerprint density at radius 1 is 1.53 bits per heavy atom. The maximum Gasteiger partial charge on any atom is 0.242 e. The molecule has 0 aliphatic carbocycles. The molecule has 0 aromatic carbocycles. The molecule has 1 N–H and O–H groups in total. The number of rotatable bonds is 7. The lowest BCUT2D eigenvalue weighted by Crippen LogP contribution is -2.40. The van der Waals surface area contributed by atoms with Gasteiger partial charge in [0.15, 0.2) is 5.13 Å². The first-order valence-electron chi connectivity index (χ1n) is 5.68. The molecule has 1 aromatic rings. The number of nitrogens with zero attached hydrogens (tertiary/aromatic N) is 3. The minimum Gasteiger partial charge on any atom is -0.395 e. The monoisotopic (exact) mass is 257 g/mol. The first kappa shape index (κ1) is 14.1. The zero-order valence-corrected chi connectivity index (χ0v) is 11.1. The number of aromatic nitrogens is 1. The molecule has 6 heteroatoms. The summed E-state index contributed by atoms with van der Waals surface area (Å²) in [6.07, 6.45) is 2.65. The van der Waals surface area contributed by atoms with E-state index in [0.29, 0.717) is 18.2 Å². The highest BCUT2D eigenvalue weighted by Gasteiger charge is 2.16. The predicted octanol–water partition coefficient (Wildman–Crippen LogP) is 0.810. The fraction of sp³-hybridized carbons (Fsp3) is 0.636. The summed E-state index contributed by atoms with van der Waals surface area (Å²) in [4.78, 5) is 19.6. The van der Waals surface area contributed by atoms with E-state index in [1.54, 1.807) is 18.1 Å². The van der Waals surface area contributed by atoms with Crippen molar-refractivity contribution >= 4 is 22.4 Å². The molecule has 1 amide bonds. The van der Waals surface area contributed by atoms with Gasteiger partial charge in [-0.15, -0.1) is 11.3 Å². The highest BCUT2D eigenvalue weighted by molar-refractivity contribution is 7.13. The van der Waals surface area contributed by atoms with Crippen molar-refractivity contribution in [3.8, 4) is 0 Å². The molecule has 0 spiro atoms. The van der Waals surface area contributed by atoms with Crippen LogP contribution < -0.4 is 4.90 Å². The van der Waals surface area contributed by atoms with Gasteiger partial charge in [0.05, 0.1) is 13.2 Å². The Balaban J connectivity index is 2.51. The van der Waals surface area contributed by atoms with Crippen molar-refractivity contribution in [1.82, 2.24) is 9.88 Å². The van der Waals surface area contributed by atoms with Gasteiger partial charge in [-0.3, -0.25) is 14.6 Å². The Hall–Kier alpha value is -0.980. The van der Waals surface area contributed by atoms with Crippen LogP contribution in [0, 0.1) is 0 Å². The van der Waals surface area contributed by atoms with Crippen LogP contribution in [0.2, 0.25) is 0 Å². The van der Waals surface area contributed by atoms with Crippen LogP contribution in [0.5, 0.6) is 0 Å². The first-order chi connectivity index (χ1) is 8.19. The van der Waals surface area contributed by atoms with Crippen LogP contribution in [0.15, 0.2) is 11.6 Å². The summed E-state index contributed by atoms with van der Waals surface area (Å²) >= 11 is 1.44. The lowest BCUT2D eigenvalue weighted by molar-refractivity contribution is -0.119. The van der Waals surface area contributed by atoms with E-state index in [4.69, 9.17) is 5.11 Å². The summed E-state index contributed by atoms with van der Waals surface area (Å²) in [6.45, 7) is 3.81. The minimum absolute atomic E-state index is 0.00171. The molecule has 0 saturated carbocycles. The van der Waals surface area contributed by atoms with Gasteiger partial charge < -0.3 is 5.11 Å². The van der Waals surface area contributed by atoms with Crippen molar-refractivity contribution in [1.29, 1.82) is 0 Å². The highest BCUT2D eigenvalue weighted by atomic mass is 32.1. The molecule has 0 aliphatic rings. The van der Waals surface area contributed by atoms with Crippen molar-refractivity contribution in [2.75, 3.05) is 38.2 Å². The van der Waals surface area contributed by atoms with Gasteiger partial charge in [0.25, 0.3) is 0 Å². The fourth-order valence-corrected chi connectivity index (χ4v) is 2.14. The minimum atomic E-state index is 0.00171. The molecule has 0 radical (unpaired) electrons. The number of anilines is 1. The molecule has 5 nitrogen and oxygen atoms in total. The average molecular weight is 257 g/mol. The van der Waals surface area contributed by atoms with Crippen molar-refractivity contribution < 1.29 is 9.90 Å². The highest BCUT2D eigenvalue weighted by Crippen LogP contribution is 2.15. The molecule has 0 aliphatic heterocycles. The molecular weight excluding hydrogens is 238 g/mol. The average Bonchev–Trinajstić information content (AvgIpc) is 2.82. The van der Waals surface area contributed by atoms with Gasteiger partial charge in [-0.1, -0.05) is 6.92 Å². The van der Waals surface area contributed by atoms with Crippen molar-refractivity contribution in [2.24, 2.45) is 0 Å². The van der Waals surface area contributed by atoms with Crippen LogP contribution in [-0.2, 0) is 4.79 Å². The molecule has 0 atom stereocenters. The number of likely N-dealkylation sites (N-methyl/N-ethyl adjacent to an activating group) is 1. The molecule has 0 bridgehead atoms. The number of hydrogen-bond acceptors (Lipinski definition) is 5. The summed E-state index contributed by atoms with van der Waals surface area (Å²) in [6, 6.07) is 0. The molecule has 0 unspecified atom stereocenters. The van der Waals surface area contributed by atoms with Crippen molar-refractivity contribution in [3.05, 3.63) is 11.6 Å². The van der Waals surface area contributed by atoms with Crippen molar-refractivity contribution in [2.45, 2.75) is 13.3 Å². The second kappa shape index (κ2) is 7.37. The molecule has 1 aromatic heterocycles. The number of carbonyl (C=O) groups is 1. The standard InChI is InChI=1S/C11H19N3O2S/c1-3-5-14(6-7-15)9-10(16)13(2)11-12-4-8-17-11/h4,8,15H,3,5-7,9H2,1-2H3. The Morgan fingerprint density at radius 2 is 2.29 bits per heavy atom. The normalized spacial score (nSPS) is 10.8. The van der Waals surface area contributed by atoms with E-state index in [1.807, 2.05) is 10.3 Å². The maximum atomic E-state index is 12.0. The molecule has 96 valence electrons. The summed E-state index contributed by atoms with van der Waals surface area (Å²) < 4.78 is 0. The molecule has 0 fully saturated rings. The Kier molecular flexibility index (Phi) is 6.10. The summed E-state index contributed by atoms with van der Waals surface area (Å²) in [5.41, 5.74) is 0. The third-order valence-electron chi connectivity index (χ3n) is 2.40. The van der Waals surface area contributed by atoms with E-state index in [9.17, 15) is 4.79 Å². The third kappa shape index (κ3) is 4.41. The van der Waals surface area contributed by atoms with E-state index in [-0.39, 0.29) is 12.5 Å². The largest absolute Gasteiger partial charge is 0.395 e. The summed E-state index contributed by atoms with van der Waals surface area (Å²) in [7, 11) is 1.73. The van der Waals surface area contributed by atoms with Gasteiger partial charge in [0.1, 0.15) is 0 Å². The molecular formula is C11H19N3O2S. The Morgan fingerprint density at radius 3 is 2.82 bits per heavy atom. The van der Waals surface area contributed by atoms with E-state index in [0.717, 1.165) is 13.0 Å². The number of carbonyl (C=O) groups excluding carboxylic acids is 1. The van der Waals surface area contributed by atoms with Crippen molar-refractivity contribution in [3.63, 3.8) is 0 Å². The van der Waals surface area contributed by atoms with Crippen LogP contribution in [0.1, 0.15) is 13.3 Å². The van der Waals surface area contributed by atoms with Crippen LogP contribution in [0.4, 0.5) is 5.13 Å². The number of amides is 1. The van der Waals surface area contributed by atoms with Gasteiger partial charge in [0, 0.05) is 25.2 Å². The predicted molar refractivity (Wildman–Crippen MR) is 69.3 cm³/mol. The summed E-state index contributed by atoms with van der Waals surface area (Å²) in [5.74, 6) is 0.00171. The van der Waals surface area contributed by atoms with E-state index >= 15 is 0 Å². The number of aliphatic hydroxyl groups excluding tert-OH is 1. The lowest BCUT2D eigenvalue weighted by atomic mass is 10.3. The second-order valence-electron chi connectivity index (χ2n) is 3.77. The van der Waals surface area contributed by atoms with Crippen LogP contribution in [0.3, 0.4) is 0 Å². The molecule has 0 saturated heterocycles. The lowest BCUT2D eigenvalue weighted by Gasteiger charge is -2.22. The maximum absolute atomic E-state index is 12.0. The fourth-order valence-electron chi connectivity index (χ4n) is 1.51. The van der Waals surface area contributed by atoms with Gasteiger partial charge in [-0.2, -0.15) is 0 Å². The van der Waals surface area contributed by atoms with Gasteiger partial charge in [0.2, 0.25) is 5.91 Å². The Bertz CT molecular complexity index is 323. The van der Waals surface area contributed by atoms with Crippen LogP contribution in [-0.4, -0.2) is 54.2 Å². The van der Waals surface area contributed by atoms with Crippen LogP contribution in [0.25, 0.3) is 0 Å². The zero-order valence-electron chi connectivity index (χ0n) is 10.3. The number of thiazole rings is 1. The first-order valence-corrected chi connectivity index (χ1v) is 6.56. The smallest absolute Gasteiger partial charge is 0.242 e. The molecule has 17 heavy (non-hydrogen) atoms. The van der Waals surface area contributed by atoms with Gasteiger partial charge >= 0.3 is 0 Å². The van der Waals surface area contributed by atoms with E-state index < -0.39 is 0 Å². The third-order valence-corrected chi connectivity index (χ3v) is 3.24. The number of aliphatic hydroxyl groups is 1. The van der Waals surface area contributed by atoms with Crippen LogP contribution >= 0.6 is 11.3 Å². The second-order valence-corrected chi connectivity index (χ2v) is 4.64. The van der Waals surface area contributed by atoms with Gasteiger partial charge in [-0.25, -0.2) is 4.98 Å². The quantitative estimate of drug-likeness (QED) is 0.785. The number of hydrogen-bond donors (Lipinski definition) is 1. The molecule has 1 heterocycles. The zero-order chi connectivity index (χ0) is 12.7. The SMILES string of the molecule is CCCN(CCO)CC(=O)N(C)c1nccs1. The van der Waals surface area contributed by atoms with E-state index in [1.165, 1.54) is 11.3 Å². The Labute approximate surface area is 106 Å². The summed E-state index contributed by atoms with van der Waals surface area (Å²) in [5, 5.41) is 11.5. The molecule has 1 rings (SSSR count). The van der Waals surface area contributed by atoms with E-state index in [2.05, 4.69) is 11.9 Å².